The first-order valence-electron chi connectivity index (χ1n) is 8.48. The predicted octanol–water partition coefficient (Wildman–Crippen LogP) is 3.87. The summed E-state index contributed by atoms with van der Waals surface area (Å²) in [4.78, 5) is 23.4. The Hall–Kier alpha value is -2.12. The van der Waals surface area contributed by atoms with Gasteiger partial charge >= 0.3 is 12.1 Å². The lowest BCUT2D eigenvalue weighted by molar-refractivity contribution is -0.184. The Morgan fingerprint density at radius 3 is 2.19 bits per heavy atom. The predicted molar refractivity (Wildman–Crippen MR) is 85.9 cm³/mol. The van der Waals surface area contributed by atoms with E-state index in [1.54, 1.807) is 0 Å². The highest BCUT2D eigenvalue weighted by atomic mass is 19.4. The number of alkyl halides is 3. The lowest BCUT2D eigenvalue weighted by Crippen LogP contribution is -2.34. The molecule has 0 aromatic heterocycles. The van der Waals surface area contributed by atoms with Gasteiger partial charge in [-0.2, -0.15) is 13.2 Å². The van der Waals surface area contributed by atoms with Gasteiger partial charge < -0.3 is 10.4 Å². The summed E-state index contributed by atoms with van der Waals surface area (Å²) in [5.74, 6) is -4.45. The largest absolute Gasteiger partial charge is 0.481 e. The van der Waals surface area contributed by atoms with Crippen LogP contribution in [0.4, 0.5) is 17.6 Å². The minimum atomic E-state index is -4.18. The Kier molecular flexibility index (Phi) is 6.61. The van der Waals surface area contributed by atoms with E-state index in [0.717, 1.165) is 12.1 Å². The molecule has 144 valence electrons. The first kappa shape index (κ1) is 20.2. The summed E-state index contributed by atoms with van der Waals surface area (Å²) >= 11 is 0. The van der Waals surface area contributed by atoms with Gasteiger partial charge in [0.1, 0.15) is 5.82 Å². The van der Waals surface area contributed by atoms with Crippen LogP contribution in [0.25, 0.3) is 0 Å². The molecular formula is C18H21F4NO3. The average Bonchev–Trinajstić information content (AvgIpc) is 2.56. The molecule has 1 aromatic carbocycles. The van der Waals surface area contributed by atoms with Crippen molar-refractivity contribution >= 4 is 11.9 Å². The Morgan fingerprint density at radius 1 is 1.12 bits per heavy atom. The summed E-state index contributed by atoms with van der Waals surface area (Å²) in [5.41, 5.74) is 0.366. The third kappa shape index (κ3) is 5.71. The first-order valence-corrected chi connectivity index (χ1v) is 8.48. The fourth-order valence-corrected chi connectivity index (χ4v) is 3.29. The number of hydrogen-bond donors (Lipinski definition) is 2. The van der Waals surface area contributed by atoms with E-state index in [0.29, 0.717) is 18.4 Å². The van der Waals surface area contributed by atoms with Gasteiger partial charge in [0.05, 0.1) is 11.8 Å². The zero-order valence-corrected chi connectivity index (χ0v) is 14.1. The molecule has 0 radical (unpaired) electrons. The first-order chi connectivity index (χ1) is 12.2. The number of benzene rings is 1. The molecule has 2 N–H and O–H groups in total. The highest BCUT2D eigenvalue weighted by molar-refractivity contribution is 5.79. The quantitative estimate of drug-likeness (QED) is 0.742. The molecule has 0 saturated heterocycles. The molecule has 1 aliphatic carbocycles. The van der Waals surface area contributed by atoms with Gasteiger partial charge in [0.2, 0.25) is 5.91 Å². The van der Waals surface area contributed by atoms with E-state index in [-0.39, 0.29) is 37.6 Å². The molecule has 1 aromatic rings. The van der Waals surface area contributed by atoms with Gasteiger partial charge in [0, 0.05) is 13.0 Å². The molecule has 0 spiro atoms. The molecule has 4 nitrogen and oxygen atoms in total. The monoisotopic (exact) mass is 375 g/mol. The smallest absolute Gasteiger partial charge is 0.391 e. The Labute approximate surface area is 148 Å². The second kappa shape index (κ2) is 8.51. The van der Waals surface area contributed by atoms with Crippen LogP contribution in [0.1, 0.15) is 43.6 Å². The lowest BCUT2D eigenvalue weighted by Gasteiger charge is -2.29. The zero-order valence-electron chi connectivity index (χ0n) is 14.1. The van der Waals surface area contributed by atoms with Crippen LogP contribution < -0.4 is 5.32 Å². The summed E-state index contributed by atoms with van der Waals surface area (Å²) in [6.07, 6.45) is -3.39. The average molecular weight is 375 g/mol. The van der Waals surface area contributed by atoms with Crippen LogP contribution in [0.3, 0.4) is 0 Å². The van der Waals surface area contributed by atoms with E-state index in [4.69, 9.17) is 0 Å². The molecule has 1 unspecified atom stereocenters. The number of carbonyl (C=O) groups is 2. The van der Waals surface area contributed by atoms with Crippen LogP contribution in [0.15, 0.2) is 24.3 Å². The van der Waals surface area contributed by atoms with E-state index in [2.05, 4.69) is 5.32 Å². The Bertz CT molecular complexity index is 622. The minimum absolute atomic E-state index is 0.0226. The van der Waals surface area contributed by atoms with Crippen LogP contribution >= 0.6 is 0 Å². The molecule has 0 bridgehead atoms. The van der Waals surface area contributed by atoms with Crippen LogP contribution in [-0.2, 0) is 9.59 Å². The van der Waals surface area contributed by atoms with E-state index < -0.39 is 29.8 Å². The number of hydrogen-bond acceptors (Lipinski definition) is 2. The minimum Gasteiger partial charge on any atom is -0.481 e. The normalized spacial score (nSPS) is 21.8. The molecule has 1 aliphatic rings. The molecule has 1 saturated carbocycles. The lowest BCUT2D eigenvalue weighted by atomic mass is 9.80. The van der Waals surface area contributed by atoms with Gasteiger partial charge in [0.15, 0.2) is 0 Å². The van der Waals surface area contributed by atoms with Gasteiger partial charge in [-0.1, -0.05) is 12.1 Å². The van der Waals surface area contributed by atoms with Crippen LogP contribution in [0, 0.1) is 17.7 Å². The number of aliphatic carboxylic acids is 1. The van der Waals surface area contributed by atoms with Crippen molar-refractivity contribution in [2.45, 2.75) is 44.2 Å². The van der Waals surface area contributed by atoms with Crippen molar-refractivity contribution in [3.8, 4) is 0 Å². The van der Waals surface area contributed by atoms with Gasteiger partial charge in [-0.25, -0.2) is 4.39 Å². The molecule has 26 heavy (non-hydrogen) atoms. The molecule has 8 heteroatoms. The number of halogens is 4. The molecule has 1 atom stereocenters. The molecule has 0 aliphatic heterocycles. The summed E-state index contributed by atoms with van der Waals surface area (Å²) in [6, 6.07) is 4.98. The van der Waals surface area contributed by atoms with Crippen molar-refractivity contribution in [1.29, 1.82) is 0 Å². The molecule has 1 fully saturated rings. The van der Waals surface area contributed by atoms with Gasteiger partial charge in [-0.3, -0.25) is 9.59 Å². The van der Waals surface area contributed by atoms with E-state index >= 15 is 0 Å². The number of carboxylic acid groups (broad SMARTS) is 1. The number of carbonyl (C=O) groups excluding carboxylic acids is 1. The van der Waals surface area contributed by atoms with Crippen molar-refractivity contribution < 1.29 is 32.3 Å². The highest BCUT2D eigenvalue weighted by Crippen LogP contribution is 2.40. The van der Waals surface area contributed by atoms with Crippen LogP contribution in [0.2, 0.25) is 0 Å². The van der Waals surface area contributed by atoms with E-state index in [1.807, 2.05) is 0 Å². The second-order valence-electron chi connectivity index (χ2n) is 6.71. The third-order valence-electron chi connectivity index (χ3n) is 4.86. The maximum absolute atomic E-state index is 12.9. The molecule has 0 heterocycles. The molecule has 2 rings (SSSR count). The second-order valence-corrected chi connectivity index (χ2v) is 6.71. The van der Waals surface area contributed by atoms with Crippen molar-refractivity contribution in [3.63, 3.8) is 0 Å². The summed E-state index contributed by atoms with van der Waals surface area (Å²) in [6.45, 7) is -0.155. The van der Waals surface area contributed by atoms with Crippen molar-refractivity contribution in [2.75, 3.05) is 6.54 Å². The van der Waals surface area contributed by atoms with Crippen molar-refractivity contribution in [3.05, 3.63) is 35.6 Å². The van der Waals surface area contributed by atoms with Crippen molar-refractivity contribution in [2.24, 2.45) is 11.8 Å². The van der Waals surface area contributed by atoms with Gasteiger partial charge in [-0.05, 0) is 49.3 Å². The molecule has 1 amide bonds. The Balaban J connectivity index is 1.82. The van der Waals surface area contributed by atoms with Gasteiger partial charge in [-0.15, -0.1) is 0 Å². The number of amides is 1. The SMILES string of the molecule is O=C(CC1CCC(C(F)(F)F)CC1)NCC(C(=O)O)c1ccc(F)cc1. The summed E-state index contributed by atoms with van der Waals surface area (Å²) < 4.78 is 50.9. The van der Waals surface area contributed by atoms with Gasteiger partial charge in [0.25, 0.3) is 0 Å². The maximum atomic E-state index is 12.9. The fourth-order valence-electron chi connectivity index (χ4n) is 3.29. The Morgan fingerprint density at radius 2 is 1.69 bits per heavy atom. The van der Waals surface area contributed by atoms with Crippen LogP contribution in [0.5, 0.6) is 0 Å². The number of rotatable bonds is 6. The van der Waals surface area contributed by atoms with Crippen molar-refractivity contribution in [1.82, 2.24) is 5.32 Å². The van der Waals surface area contributed by atoms with E-state index in [1.165, 1.54) is 12.1 Å². The standard InChI is InChI=1S/C18H21F4NO3/c19-14-7-3-12(4-8-14)15(17(25)26)10-23-16(24)9-11-1-5-13(6-2-11)18(20,21)22/h3-4,7-8,11,13,15H,1-2,5-6,9-10H2,(H,23,24)(H,25,26). The third-order valence-corrected chi connectivity index (χ3v) is 4.86. The zero-order chi connectivity index (χ0) is 19.3. The fraction of sp³-hybridized carbons (Fsp3) is 0.556. The summed E-state index contributed by atoms with van der Waals surface area (Å²) in [7, 11) is 0. The van der Waals surface area contributed by atoms with E-state index in [9.17, 15) is 32.3 Å². The number of carboxylic acids is 1. The maximum Gasteiger partial charge on any atom is 0.391 e. The number of nitrogens with one attached hydrogen (secondary N) is 1. The topological polar surface area (TPSA) is 66.4 Å². The molecular weight excluding hydrogens is 354 g/mol. The highest BCUT2D eigenvalue weighted by Gasteiger charge is 2.41. The summed E-state index contributed by atoms with van der Waals surface area (Å²) in [5, 5.41) is 11.8. The van der Waals surface area contributed by atoms with Crippen LogP contribution in [-0.4, -0.2) is 29.7 Å².